The third kappa shape index (κ3) is 3.58. The number of aryl methyl sites for hydroxylation is 1. The Morgan fingerprint density at radius 1 is 0.739 bits per heavy atom. The molecule has 0 aromatic heterocycles. The molecule has 0 saturated carbocycles. The fourth-order valence-electron chi connectivity index (χ4n) is 2.35. The molecular formula is C20H18N2O. The van der Waals surface area contributed by atoms with Crippen LogP contribution in [0.5, 0.6) is 0 Å². The second kappa shape index (κ2) is 6.79. The van der Waals surface area contributed by atoms with Crippen molar-refractivity contribution in [3.8, 4) is 0 Å². The highest BCUT2D eigenvalue weighted by Crippen LogP contribution is 2.26. The Morgan fingerprint density at radius 3 is 1.70 bits per heavy atom. The number of amides is 2. The Labute approximate surface area is 136 Å². The van der Waals surface area contributed by atoms with Crippen molar-refractivity contribution in [1.29, 1.82) is 0 Å². The van der Waals surface area contributed by atoms with Crippen LogP contribution in [0.25, 0.3) is 0 Å². The summed E-state index contributed by atoms with van der Waals surface area (Å²) in [7, 11) is 0. The molecule has 3 heteroatoms. The van der Waals surface area contributed by atoms with Gasteiger partial charge >= 0.3 is 6.03 Å². The van der Waals surface area contributed by atoms with E-state index in [1.807, 2.05) is 91.9 Å². The smallest absolute Gasteiger partial charge is 0.307 e. The van der Waals surface area contributed by atoms with Crippen molar-refractivity contribution in [2.75, 3.05) is 10.2 Å². The van der Waals surface area contributed by atoms with Gasteiger partial charge in [-0.1, -0.05) is 54.1 Å². The van der Waals surface area contributed by atoms with Crippen LogP contribution in [0, 0.1) is 6.92 Å². The molecule has 0 aliphatic carbocycles. The number of para-hydroxylation sites is 2. The lowest BCUT2D eigenvalue weighted by Crippen LogP contribution is -2.30. The highest BCUT2D eigenvalue weighted by Gasteiger charge is 2.17. The van der Waals surface area contributed by atoms with Gasteiger partial charge in [-0.25, -0.2) is 4.79 Å². The summed E-state index contributed by atoms with van der Waals surface area (Å²) in [6.07, 6.45) is 0. The Kier molecular flexibility index (Phi) is 4.39. The van der Waals surface area contributed by atoms with Crippen molar-refractivity contribution in [3.05, 3.63) is 90.5 Å². The van der Waals surface area contributed by atoms with Crippen LogP contribution in [0.2, 0.25) is 0 Å². The zero-order valence-corrected chi connectivity index (χ0v) is 12.9. The number of rotatable bonds is 3. The molecule has 3 nitrogen and oxygen atoms in total. The maximum Gasteiger partial charge on any atom is 0.330 e. The molecule has 0 heterocycles. The van der Waals surface area contributed by atoms with E-state index in [1.165, 1.54) is 0 Å². The molecule has 3 aromatic rings. The third-order valence-corrected chi connectivity index (χ3v) is 3.53. The lowest BCUT2D eigenvalue weighted by Gasteiger charge is -2.23. The molecule has 0 spiro atoms. The van der Waals surface area contributed by atoms with Crippen LogP contribution in [-0.2, 0) is 0 Å². The number of carbonyl (C=O) groups excluding carboxylic acids is 1. The third-order valence-electron chi connectivity index (χ3n) is 3.53. The highest BCUT2D eigenvalue weighted by molar-refractivity contribution is 6.07. The molecule has 0 bridgehead atoms. The van der Waals surface area contributed by atoms with Crippen molar-refractivity contribution in [1.82, 2.24) is 0 Å². The lowest BCUT2D eigenvalue weighted by molar-refractivity contribution is 0.259. The van der Waals surface area contributed by atoms with E-state index in [9.17, 15) is 4.79 Å². The van der Waals surface area contributed by atoms with Gasteiger partial charge in [0.2, 0.25) is 0 Å². The van der Waals surface area contributed by atoms with Crippen molar-refractivity contribution in [3.63, 3.8) is 0 Å². The second-order valence-corrected chi connectivity index (χ2v) is 5.30. The number of carbonyl (C=O) groups is 1. The minimum atomic E-state index is -0.189. The van der Waals surface area contributed by atoms with E-state index in [4.69, 9.17) is 0 Å². The van der Waals surface area contributed by atoms with E-state index < -0.39 is 0 Å². The van der Waals surface area contributed by atoms with Gasteiger partial charge in [-0.3, -0.25) is 4.90 Å². The van der Waals surface area contributed by atoms with Crippen LogP contribution in [-0.4, -0.2) is 6.03 Å². The van der Waals surface area contributed by atoms with Crippen LogP contribution in [0.3, 0.4) is 0 Å². The average Bonchev–Trinajstić information content (AvgIpc) is 2.59. The van der Waals surface area contributed by atoms with Gasteiger partial charge in [0.25, 0.3) is 0 Å². The van der Waals surface area contributed by atoms with Crippen LogP contribution in [0.1, 0.15) is 5.56 Å². The van der Waals surface area contributed by atoms with Gasteiger partial charge in [-0.15, -0.1) is 0 Å². The molecule has 0 radical (unpaired) electrons. The fraction of sp³-hybridized carbons (Fsp3) is 0.0500. The molecule has 0 aliphatic heterocycles. The summed E-state index contributed by atoms with van der Waals surface area (Å²) in [6, 6.07) is 26.8. The SMILES string of the molecule is Cc1ccc(NC(=O)N(c2ccccc2)c2ccccc2)cc1. The molecule has 0 saturated heterocycles. The van der Waals surface area contributed by atoms with Crippen LogP contribution in [0.15, 0.2) is 84.9 Å². The highest BCUT2D eigenvalue weighted by atomic mass is 16.2. The van der Waals surface area contributed by atoms with Crippen molar-refractivity contribution >= 4 is 23.1 Å². The number of anilines is 3. The largest absolute Gasteiger partial charge is 0.330 e. The van der Waals surface area contributed by atoms with Crippen molar-refractivity contribution in [2.45, 2.75) is 6.92 Å². The molecule has 3 aromatic carbocycles. The van der Waals surface area contributed by atoms with E-state index in [2.05, 4.69) is 5.32 Å². The van der Waals surface area contributed by atoms with E-state index in [0.29, 0.717) is 0 Å². The molecule has 23 heavy (non-hydrogen) atoms. The van der Waals surface area contributed by atoms with E-state index >= 15 is 0 Å². The second-order valence-electron chi connectivity index (χ2n) is 5.30. The first-order chi connectivity index (χ1) is 11.2. The topological polar surface area (TPSA) is 32.3 Å². The molecule has 2 amide bonds. The number of hydrogen-bond acceptors (Lipinski definition) is 1. The van der Waals surface area contributed by atoms with Gasteiger partial charge in [0.1, 0.15) is 0 Å². The summed E-state index contributed by atoms with van der Waals surface area (Å²) in [5.41, 5.74) is 3.58. The van der Waals surface area contributed by atoms with Gasteiger partial charge < -0.3 is 5.32 Å². The van der Waals surface area contributed by atoms with Crippen LogP contribution in [0.4, 0.5) is 21.9 Å². The molecule has 1 N–H and O–H groups in total. The maximum absolute atomic E-state index is 12.8. The maximum atomic E-state index is 12.8. The molecule has 0 unspecified atom stereocenters. The number of hydrogen-bond donors (Lipinski definition) is 1. The van der Waals surface area contributed by atoms with Gasteiger partial charge in [0.05, 0.1) is 11.4 Å². The molecule has 3 rings (SSSR count). The molecule has 0 fully saturated rings. The number of nitrogens with one attached hydrogen (secondary N) is 1. The Morgan fingerprint density at radius 2 is 1.22 bits per heavy atom. The van der Waals surface area contributed by atoms with Crippen LogP contribution < -0.4 is 10.2 Å². The summed E-state index contributed by atoms with van der Waals surface area (Å²) in [5.74, 6) is 0. The summed E-state index contributed by atoms with van der Waals surface area (Å²) in [5, 5.41) is 2.95. The first-order valence-corrected chi connectivity index (χ1v) is 7.52. The van der Waals surface area contributed by atoms with E-state index in [0.717, 1.165) is 22.6 Å². The first-order valence-electron chi connectivity index (χ1n) is 7.52. The minimum absolute atomic E-state index is 0.189. The molecular weight excluding hydrogens is 284 g/mol. The number of benzene rings is 3. The summed E-state index contributed by atoms with van der Waals surface area (Å²) >= 11 is 0. The van der Waals surface area contributed by atoms with Crippen molar-refractivity contribution in [2.24, 2.45) is 0 Å². The van der Waals surface area contributed by atoms with E-state index in [-0.39, 0.29) is 6.03 Å². The number of nitrogens with zero attached hydrogens (tertiary/aromatic N) is 1. The summed E-state index contributed by atoms with van der Waals surface area (Å²) < 4.78 is 0. The predicted octanol–water partition coefficient (Wildman–Crippen LogP) is 5.37. The van der Waals surface area contributed by atoms with Crippen molar-refractivity contribution < 1.29 is 4.79 Å². The monoisotopic (exact) mass is 302 g/mol. The van der Waals surface area contributed by atoms with Gasteiger partial charge in [-0.05, 0) is 43.3 Å². The minimum Gasteiger partial charge on any atom is -0.307 e. The summed E-state index contributed by atoms with van der Waals surface area (Å²) in [6.45, 7) is 2.02. The molecule has 114 valence electrons. The fourth-order valence-corrected chi connectivity index (χ4v) is 2.35. The Hall–Kier alpha value is -3.07. The standard InChI is InChI=1S/C20H18N2O/c1-16-12-14-17(15-13-16)21-20(23)22(18-8-4-2-5-9-18)19-10-6-3-7-11-19/h2-15H,1H3,(H,21,23). The lowest BCUT2D eigenvalue weighted by atomic mass is 10.2. The van der Waals surface area contributed by atoms with Gasteiger partial charge in [0, 0.05) is 5.69 Å². The zero-order chi connectivity index (χ0) is 16.1. The summed E-state index contributed by atoms with van der Waals surface area (Å²) in [4.78, 5) is 14.5. The van der Waals surface area contributed by atoms with E-state index in [1.54, 1.807) is 4.90 Å². The Balaban J connectivity index is 1.92. The van der Waals surface area contributed by atoms with Crippen LogP contribution >= 0.6 is 0 Å². The number of urea groups is 1. The molecule has 0 aliphatic rings. The van der Waals surface area contributed by atoms with Gasteiger partial charge in [-0.2, -0.15) is 0 Å². The molecule has 0 atom stereocenters. The zero-order valence-electron chi connectivity index (χ0n) is 12.9. The average molecular weight is 302 g/mol. The normalized spacial score (nSPS) is 10.1. The predicted molar refractivity (Wildman–Crippen MR) is 95.2 cm³/mol. The quantitative estimate of drug-likeness (QED) is 0.693. The van der Waals surface area contributed by atoms with Gasteiger partial charge in [0.15, 0.2) is 0 Å². The first kappa shape index (κ1) is 14.9. The Bertz CT molecular complexity index is 728.